The molecule has 5 nitrogen and oxygen atoms in total. The molecular weight excluding hydrogens is 202 g/mol. The van der Waals surface area contributed by atoms with Crippen molar-refractivity contribution in [2.75, 3.05) is 6.54 Å². The van der Waals surface area contributed by atoms with Crippen LogP contribution in [0, 0.1) is 0 Å². The zero-order valence-electron chi connectivity index (χ0n) is 9.50. The Morgan fingerprint density at radius 2 is 2.25 bits per heavy atom. The maximum Gasteiger partial charge on any atom is 0.0534 e. The molecule has 16 heavy (non-hydrogen) atoms. The van der Waals surface area contributed by atoms with E-state index in [0.717, 1.165) is 26.2 Å². The van der Waals surface area contributed by atoms with Gasteiger partial charge in [0.1, 0.15) is 0 Å². The molecule has 2 aromatic heterocycles. The molecule has 2 aromatic rings. The van der Waals surface area contributed by atoms with Crippen LogP contribution in [0.3, 0.4) is 0 Å². The number of aromatic nitrogens is 4. The fourth-order valence-corrected chi connectivity index (χ4v) is 1.53. The third-order valence-electron chi connectivity index (χ3n) is 2.42. The Morgan fingerprint density at radius 3 is 2.94 bits per heavy atom. The van der Waals surface area contributed by atoms with Gasteiger partial charge in [-0.2, -0.15) is 10.2 Å². The molecule has 0 spiro atoms. The number of nitrogens with one attached hydrogen (secondary N) is 1. The molecule has 0 unspecified atom stereocenters. The van der Waals surface area contributed by atoms with E-state index in [4.69, 9.17) is 0 Å². The van der Waals surface area contributed by atoms with Crippen LogP contribution in [-0.2, 0) is 19.6 Å². The predicted octanol–water partition coefficient (Wildman–Crippen LogP) is 0.889. The highest BCUT2D eigenvalue weighted by molar-refractivity contribution is 5.02. The van der Waals surface area contributed by atoms with Gasteiger partial charge in [0, 0.05) is 43.8 Å². The molecule has 0 aliphatic rings. The number of rotatable bonds is 6. The minimum absolute atomic E-state index is 0.862. The van der Waals surface area contributed by atoms with E-state index in [1.54, 1.807) is 6.20 Å². The number of hydrogen-bond donors (Lipinski definition) is 1. The lowest BCUT2D eigenvalue weighted by atomic mass is 10.3. The summed E-state index contributed by atoms with van der Waals surface area (Å²) < 4.78 is 3.85. The molecule has 86 valence electrons. The largest absolute Gasteiger partial charge is 0.311 e. The Hall–Kier alpha value is -1.62. The predicted molar refractivity (Wildman–Crippen MR) is 61.8 cm³/mol. The van der Waals surface area contributed by atoms with Crippen molar-refractivity contribution in [3.8, 4) is 0 Å². The van der Waals surface area contributed by atoms with Crippen molar-refractivity contribution < 1.29 is 0 Å². The number of aryl methyl sites for hydroxylation is 1. The van der Waals surface area contributed by atoms with Gasteiger partial charge in [0.25, 0.3) is 0 Å². The molecule has 0 fully saturated rings. The third kappa shape index (κ3) is 2.93. The van der Waals surface area contributed by atoms with Gasteiger partial charge < -0.3 is 5.32 Å². The SMILES string of the molecule is CCn1cc(CNCCn2cccn2)cn1. The quantitative estimate of drug-likeness (QED) is 0.734. The van der Waals surface area contributed by atoms with Gasteiger partial charge in [0.2, 0.25) is 0 Å². The van der Waals surface area contributed by atoms with E-state index < -0.39 is 0 Å². The average molecular weight is 219 g/mol. The molecule has 0 aliphatic carbocycles. The lowest BCUT2D eigenvalue weighted by Gasteiger charge is -2.03. The van der Waals surface area contributed by atoms with E-state index in [1.807, 2.05) is 27.8 Å². The van der Waals surface area contributed by atoms with Crippen molar-refractivity contribution in [1.82, 2.24) is 24.9 Å². The van der Waals surface area contributed by atoms with Crippen LogP contribution in [0.2, 0.25) is 0 Å². The molecule has 0 aromatic carbocycles. The summed E-state index contributed by atoms with van der Waals surface area (Å²) in [4.78, 5) is 0. The molecule has 0 bridgehead atoms. The highest BCUT2D eigenvalue weighted by Crippen LogP contribution is 1.96. The second kappa shape index (κ2) is 5.46. The van der Waals surface area contributed by atoms with Crippen molar-refractivity contribution in [1.29, 1.82) is 0 Å². The summed E-state index contributed by atoms with van der Waals surface area (Å²) in [5.74, 6) is 0. The van der Waals surface area contributed by atoms with E-state index in [2.05, 4.69) is 28.6 Å². The molecule has 0 amide bonds. The second-order valence-corrected chi connectivity index (χ2v) is 3.65. The number of hydrogen-bond acceptors (Lipinski definition) is 3. The molecule has 0 saturated heterocycles. The van der Waals surface area contributed by atoms with Crippen molar-refractivity contribution >= 4 is 0 Å². The Labute approximate surface area is 95.1 Å². The second-order valence-electron chi connectivity index (χ2n) is 3.65. The topological polar surface area (TPSA) is 47.7 Å². The van der Waals surface area contributed by atoms with Gasteiger partial charge >= 0.3 is 0 Å². The standard InChI is InChI=1S/C11H17N5/c1-2-15-10-11(9-14-15)8-12-5-7-16-6-3-4-13-16/h3-4,6,9-10,12H,2,5,7-8H2,1H3. The van der Waals surface area contributed by atoms with Gasteiger partial charge in [-0.1, -0.05) is 0 Å². The summed E-state index contributed by atoms with van der Waals surface area (Å²) in [5, 5.41) is 11.7. The van der Waals surface area contributed by atoms with Crippen molar-refractivity contribution in [3.63, 3.8) is 0 Å². The first kappa shape index (κ1) is 10.9. The number of nitrogens with zero attached hydrogens (tertiary/aromatic N) is 4. The van der Waals surface area contributed by atoms with Crippen LogP contribution < -0.4 is 5.32 Å². The summed E-state index contributed by atoms with van der Waals surface area (Å²) in [6.07, 6.45) is 7.74. The Morgan fingerprint density at radius 1 is 1.31 bits per heavy atom. The van der Waals surface area contributed by atoms with Crippen LogP contribution in [-0.4, -0.2) is 26.1 Å². The fourth-order valence-electron chi connectivity index (χ4n) is 1.53. The Balaban J connectivity index is 1.68. The van der Waals surface area contributed by atoms with Crippen LogP contribution in [0.5, 0.6) is 0 Å². The molecule has 0 saturated carbocycles. The summed E-state index contributed by atoms with van der Waals surface area (Å²) in [6.45, 7) is 5.68. The van der Waals surface area contributed by atoms with Gasteiger partial charge in [-0.05, 0) is 13.0 Å². The van der Waals surface area contributed by atoms with Crippen molar-refractivity contribution in [3.05, 3.63) is 36.4 Å². The first-order valence-corrected chi connectivity index (χ1v) is 5.58. The minimum atomic E-state index is 0.862. The van der Waals surface area contributed by atoms with Crippen LogP contribution in [0.15, 0.2) is 30.9 Å². The van der Waals surface area contributed by atoms with Gasteiger partial charge in [-0.25, -0.2) is 0 Å². The summed E-state index contributed by atoms with van der Waals surface area (Å²) in [7, 11) is 0. The van der Waals surface area contributed by atoms with Gasteiger partial charge in [0.15, 0.2) is 0 Å². The highest BCUT2D eigenvalue weighted by Gasteiger charge is 1.96. The monoisotopic (exact) mass is 219 g/mol. The summed E-state index contributed by atoms with van der Waals surface area (Å²) >= 11 is 0. The van der Waals surface area contributed by atoms with E-state index in [0.29, 0.717) is 0 Å². The Bertz CT molecular complexity index is 404. The van der Waals surface area contributed by atoms with Crippen molar-refractivity contribution in [2.45, 2.75) is 26.6 Å². The molecular formula is C11H17N5. The van der Waals surface area contributed by atoms with Crippen LogP contribution in [0.25, 0.3) is 0 Å². The summed E-state index contributed by atoms with van der Waals surface area (Å²) in [6, 6.07) is 1.94. The molecule has 0 radical (unpaired) electrons. The molecule has 1 N–H and O–H groups in total. The van der Waals surface area contributed by atoms with E-state index in [1.165, 1.54) is 5.56 Å². The average Bonchev–Trinajstić information content (AvgIpc) is 2.95. The van der Waals surface area contributed by atoms with Crippen LogP contribution >= 0.6 is 0 Å². The summed E-state index contributed by atoms with van der Waals surface area (Å²) in [5.41, 5.74) is 1.22. The third-order valence-corrected chi connectivity index (χ3v) is 2.42. The molecule has 5 heteroatoms. The van der Waals surface area contributed by atoms with E-state index in [-0.39, 0.29) is 0 Å². The van der Waals surface area contributed by atoms with Gasteiger partial charge in [0.05, 0.1) is 12.7 Å². The molecule has 0 atom stereocenters. The zero-order chi connectivity index (χ0) is 11.2. The van der Waals surface area contributed by atoms with Crippen molar-refractivity contribution in [2.24, 2.45) is 0 Å². The first-order valence-electron chi connectivity index (χ1n) is 5.58. The maximum absolute atomic E-state index is 4.22. The minimum Gasteiger partial charge on any atom is -0.311 e. The normalized spacial score (nSPS) is 10.8. The van der Waals surface area contributed by atoms with Gasteiger partial charge in [-0.15, -0.1) is 0 Å². The van der Waals surface area contributed by atoms with Crippen LogP contribution in [0.1, 0.15) is 12.5 Å². The zero-order valence-corrected chi connectivity index (χ0v) is 9.50. The first-order chi connectivity index (χ1) is 7.88. The maximum atomic E-state index is 4.22. The van der Waals surface area contributed by atoms with E-state index in [9.17, 15) is 0 Å². The van der Waals surface area contributed by atoms with E-state index >= 15 is 0 Å². The molecule has 0 aliphatic heterocycles. The highest BCUT2D eigenvalue weighted by atomic mass is 15.3. The fraction of sp³-hybridized carbons (Fsp3) is 0.455. The lowest BCUT2D eigenvalue weighted by Crippen LogP contribution is -2.19. The van der Waals surface area contributed by atoms with Crippen LogP contribution in [0.4, 0.5) is 0 Å². The lowest BCUT2D eigenvalue weighted by molar-refractivity contribution is 0.554. The molecule has 2 heterocycles. The van der Waals surface area contributed by atoms with Gasteiger partial charge in [-0.3, -0.25) is 9.36 Å². The Kier molecular flexibility index (Phi) is 3.71. The smallest absolute Gasteiger partial charge is 0.0534 e. The molecule has 2 rings (SSSR count).